The van der Waals surface area contributed by atoms with Crippen molar-refractivity contribution in [2.75, 3.05) is 31.1 Å². The molecule has 0 aliphatic carbocycles. The molecular weight excluding hydrogens is 300 g/mol. The van der Waals surface area contributed by atoms with Crippen LogP contribution < -0.4 is 4.90 Å². The average molecular weight is 330 g/mol. The van der Waals surface area contributed by atoms with Gasteiger partial charge in [-0.1, -0.05) is 6.92 Å². The smallest absolute Gasteiger partial charge is 0.225 e. The van der Waals surface area contributed by atoms with Gasteiger partial charge in [-0.05, 0) is 52.4 Å². The first-order valence-corrected chi connectivity index (χ1v) is 9.48. The van der Waals surface area contributed by atoms with Crippen LogP contribution in [0.2, 0.25) is 0 Å². The van der Waals surface area contributed by atoms with Crippen molar-refractivity contribution < 1.29 is 4.79 Å². The Hall–Kier alpha value is -1.65. The predicted molar refractivity (Wildman–Crippen MR) is 96.3 cm³/mol. The molecule has 0 unspecified atom stereocenters. The predicted octanol–water partition coefficient (Wildman–Crippen LogP) is 2.88. The summed E-state index contributed by atoms with van der Waals surface area (Å²) in [5, 5.41) is 0. The number of hydrogen-bond donors (Lipinski definition) is 0. The summed E-state index contributed by atoms with van der Waals surface area (Å²) >= 11 is 0. The Kier molecular flexibility index (Phi) is 5.36. The number of anilines is 1. The summed E-state index contributed by atoms with van der Waals surface area (Å²) in [6.45, 7) is 9.97. The highest BCUT2D eigenvalue weighted by atomic mass is 16.2. The van der Waals surface area contributed by atoms with E-state index in [1.165, 1.54) is 24.8 Å². The molecule has 132 valence electrons. The van der Waals surface area contributed by atoms with Crippen LogP contribution >= 0.6 is 0 Å². The maximum atomic E-state index is 12.7. The molecule has 1 aromatic heterocycles. The lowest BCUT2D eigenvalue weighted by atomic mass is 9.94. The van der Waals surface area contributed by atoms with E-state index in [1.807, 2.05) is 6.92 Å². The number of nitrogens with zero attached hydrogens (tertiary/aromatic N) is 4. The fourth-order valence-corrected chi connectivity index (χ4v) is 4.10. The Morgan fingerprint density at radius 1 is 1.04 bits per heavy atom. The molecule has 1 aromatic rings. The summed E-state index contributed by atoms with van der Waals surface area (Å²) in [6.07, 6.45) is 6.46. The van der Waals surface area contributed by atoms with Crippen molar-refractivity contribution in [1.82, 2.24) is 14.9 Å². The number of amides is 1. The molecule has 0 spiro atoms. The number of hydrogen-bond acceptors (Lipinski definition) is 4. The summed E-state index contributed by atoms with van der Waals surface area (Å²) in [5.74, 6) is 2.52. The standard InChI is InChI=1S/C19H30N4O/c1-4-17-14(2)20-15(3)21-18(17)22-12-8-16(9-13-22)19(24)23-10-6-5-7-11-23/h16H,4-13H2,1-3H3. The van der Waals surface area contributed by atoms with E-state index in [4.69, 9.17) is 4.98 Å². The topological polar surface area (TPSA) is 49.3 Å². The van der Waals surface area contributed by atoms with Gasteiger partial charge in [0.2, 0.25) is 5.91 Å². The molecule has 24 heavy (non-hydrogen) atoms. The van der Waals surface area contributed by atoms with Crippen LogP contribution in [0.4, 0.5) is 5.82 Å². The largest absolute Gasteiger partial charge is 0.356 e. The van der Waals surface area contributed by atoms with Crippen molar-refractivity contribution in [3.63, 3.8) is 0 Å². The molecule has 2 aliphatic rings. The highest BCUT2D eigenvalue weighted by Crippen LogP contribution is 2.28. The fraction of sp³-hybridized carbons (Fsp3) is 0.737. The monoisotopic (exact) mass is 330 g/mol. The molecule has 5 nitrogen and oxygen atoms in total. The molecule has 0 N–H and O–H groups in total. The second-order valence-electron chi connectivity index (χ2n) is 7.16. The molecule has 5 heteroatoms. The highest BCUT2D eigenvalue weighted by Gasteiger charge is 2.30. The van der Waals surface area contributed by atoms with Gasteiger partial charge >= 0.3 is 0 Å². The van der Waals surface area contributed by atoms with Crippen molar-refractivity contribution in [2.24, 2.45) is 5.92 Å². The maximum Gasteiger partial charge on any atom is 0.225 e. The Morgan fingerprint density at radius 2 is 1.71 bits per heavy atom. The first-order valence-electron chi connectivity index (χ1n) is 9.48. The first-order chi connectivity index (χ1) is 11.6. The summed E-state index contributed by atoms with van der Waals surface area (Å²) in [5.41, 5.74) is 2.34. The van der Waals surface area contributed by atoms with E-state index in [2.05, 4.69) is 28.6 Å². The van der Waals surface area contributed by atoms with Crippen LogP contribution in [0.1, 0.15) is 56.1 Å². The van der Waals surface area contributed by atoms with Crippen molar-refractivity contribution in [3.8, 4) is 0 Å². The number of piperidine rings is 2. The molecule has 2 saturated heterocycles. The molecule has 3 heterocycles. The first kappa shape index (κ1) is 17.2. The maximum absolute atomic E-state index is 12.7. The zero-order valence-electron chi connectivity index (χ0n) is 15.3. The third-order valence-electron chi connectivity index (χ3n) is 5.47. The van der Waals surface area contributed by atoms with Gasteiger partial charge in [-0.25, -0.2) is 9.97 Å². The van der Waals surface area contributed by atoms with Gasteiger partial charge in [-0.15, -0.1) is 0 Å². The van der Waals surface area contributed by atoms with Crippen LogP contribution in [0.5, 0.6) is 0 Å². The Labute approximate surface area is 145 Å². The van der Waals surface area contributed by atoms with Gasteiger partial charge in [0.15, 0.2) is 0 Å². The number of aryl methyl sites for hydroxylation is 2. The number of carbonyl (C=O) groups is 1. The van der Waals surface area contributed by atoms with Crippen molar-refractivity contribution in [3.05, 3.63) is 17.1 Å². The van der Waals surface area contributed by atoms with E-state index < -0.39 is 0 Å². The molecule has 2 aliphatic heterocycles. The van der Waals surface area contributed by atoms with E-state index in [9.17, 15) is 4.79 Å². The summed E-state index contributed by atoms with van der Waals surface area (Å²) in [7, 11) is 0. The van der Waals surface area contributed by atoms with Crippen LogP contribution in [-0.4, -0.2) is 47.0 Å². The van der Waals surface area contributed by atoms with E-state index >= 15 is 0 Å². The fourth-order valence-electron chi connectivity index (χ4n) is 4.10. The molecule has 0 saturated carbocycles. The zero-order valence-corrected chi connectivity index (χ0v) is 15.3. The average Bonchev–Trinajstić information content (AvgIpc) is 2.61. The Balaban J connectivity index is 1.66. The number of likely N-dealkylation sites (tertiary alicyclic amines) is 1. The van der Waals surface area contributed by atoms with Crippen molar-refractivity contribution >= 4 is 11.7 Å². The molecule has 0 atom stereocenters. The van der Waals surface area contributed by atoms with Crippen LogP contribution in [0.3, 0.4) is 0 Å². The summed E-state index contributed by atoms with van der Waals surface area (Å²) in [4.78, 5) is 26.4. The number of aromatic nitrogens is 2. The van der Waals surface area contributed by atoms with Gasteiger partial charge in [-0.3, -0.25) is 4.79 Å². The van der Waals surface area contributed by atoms with E-state index in [1.54, 1.807) is 0 Å². The van der Waals surface area contributed by atoms with Gasteiger partial charge in [-0.2, -0.15) is 0 Å². The second-order valence-corrected chi connectivity index (χ2v) is 7.16. The Morgan fingerprint density at radius 3 is 2.33 bits per heavy atom. The Bertz CT molecular complexity index is 587. The van der Waals surface area contributed by atoms with Crippen molar-refractivity contribution in [2.45, 2.75) is 59.3 Å². The van der Waals surface area contributed by atoms with Gasteiger partial charge in [0.05, 0.1) is 0 Å². The normalized spacial score (nSPS) is 19.6. The van der Waals surface area contributed by atoms with E-state index in [0.717, 1.165) is 62.8 Å². The lowest BCUT2D eigenvalue weighted by Gasteiger charge is -2.36. The summed E-state index contributed by atoms with van der Waals surface area (Å²) in [6, 6.07) is 0. The molecule has 1 amide bonds. The molecule has 3 rings (SSSR count). The molecule has 0 radical (unpaired) electrons. The van der Waals surface area contributed by atoms with E-state index in [0.29, 0.717) is 5.91 Å². The molecular formula is C19H30N4O. The quantitative estimate of drug-likeness (QED) is 0.855. The SMILES string of the molecule is CCc1c(C)nc(C)nc1N1CCC(C(=O)N2CCCCC2)CC1. The van der Waals surface area contributed by atoms with Gasteiger partial charge in [0, 0.05) is 43.4 Å². The minimum absolute atomic E-state index is 0.202. The minimum Gasteiger partial charge on any atom is -0.356 e. The molecule has 0 bridgehead atoms. The lowest BCUT2D eigenvalue weighted by molar-refractivity contribution is -0.137. The molecule has 2 fully saturated rings. The minimum atomic E-state index is 0.202. The van der Waals surface area contributed by atoms with Gasteiger partial charge < -0.3 is 9.80 Å². The van der Waals surface area contributed by atoms with Gasteiger partial charge in [0.25, 0.3) is 0 Å². The van der Waals surface area contributed by atoms with Gasteiger partial charge in [0.1, 0.15) is 11.6 Å². The third-order valence-corrected chi connectivity index (χ3v) is 5.47. The second kappa shape index (κ2) is 7.49. The van der Waals surface area contributed by atoms with Crippen LogP contribution in [0, 0.1) is 19.8 Å². The number of rotatable bonds is 3. The van der Waals surface area contributed by atoms with Crippen LogP contribution in [0.25, 0.3) is 0 Å². The van der Waals surface area contributed by atoms with E-state index in [-0.39, 0.29) is 5.92 Å². The van der Waals surface area contributed by atoms with Crippen LogP contribution in [0.15, 0.2) is 0 Å². The van der Waals surface area contributed by atoms with Crippen LogP contribution in [-0.2, 0) is 11.2 Å². The molecule has 0 aromatic carbocycles. The van der Waals surface area contributed by atoms with Crippen molar-refractivity contribution in [1.29, 1.82) is 0 Å². The number of carbonyl (C=O) groups excluding carboxylic acids is 1. The highest BCUT2D eigenvalue weighted by molar-refractivity contribution is 5.79. The summed E-state index contributed by atoms with van der Waals surface area (Å²) < 4.78 is 0. The zero-order chi connectivity index (χ0) is 17.1. The third kappa shape index (κ3) is 3.55. The lowest BCUT2D eigenvalue weighted by Crippen LogP contribution is -2.44.